The summed E-state index contributed by atoms with van der Waals surface area (Å²) >= 11 is 0. The fraction of sp³-hybridized carbons (Fsp3) is 0.480. The number of aromatic amines is 1. The number of nitro benzene ring substituents is 1. The van der Waals surface area contributed by atoms with Crippen molar-refractivity contribution in [3.63, 3.8) is 0 Å². The lowest BCUT2D eigenvalue weighted by Gasteiger charge is -2.57. The van der Waals surface area contributed by atoms with Crippen molar-refractivity contribution in [2.24, 2.45) is 11.3 Å². The minimum absolute atomic E-state index is 0.0237. The highest BCUT2D eigenvalue weighted by atomic mass is 32.2. The highest BCUT2D eigenvalue weighted by molar-refractivity contribution is 7.90. The molecule has 5 aliphatic rings. The van der Waals surface area contributed by atoms with Crippen molar-refractivity contribution in [3.8, 4) is 17.2 Å². The molecule has 2 saturated carbocycles. The number of ether oxygens (including phenoxy) is 2. The summed E-state index contributed by atoms with van der Waals surface area (Å²) in [4.78, 5) is 36.4. The SMILES string of the molecule is CC(C)c1ccccc1[C@@H]1CCC[C@@H]1N1CC2(CCN(c3ccc(C(=O)NS(=O)(=O)c4cc5c(c([N+](=O)[O-])c4)N[C@@H](C4CCC(C)(O)CC4)CO5)c(Oc4cc5c(F)c[nH]c5nc4F)c3)CC2)C1. The van der Waals surface area contributed by atoms with Crippen LogP contribution in [0.15, 0.2) is 71.8 Å². The number of H-pyrrole nitrogens is 1. The molecule has 3 aromatic carbocycles. The second-order valence-corrected chi connectivity index (χ2v) is 22.0. The van der Waals surface area contributed by atoms with Crippen LogP contribution in [0.2, 0.25) is 0 Å². The molecule has 1 amide bonds. The van der Waals surface area contributed by atoms with E-state index in [0.717, 1.165) is 50.3 Å². The molecule has 3 atom stereocenters. The molecule has 4 N–H and O–H groups in total. The molecule has 0 bridgehead atoms. The number of carbonyl (C=O) groups excluding carboxylic acids is 1. The Morgan fingerprint density at radius 1 is 1.01 bits per heavy atom. The van der Waals surface area contributed by atoms with Crippen LogP contribution in [0.5, 0.6) is 17.2 Å². The van der Waals surface area contributed by atoms with Crippen molar-refractivity contribution in [1.82, 2.24) is 19.6 Å². The first-order valence-electron chi connectivity index (χ1n) is 23.7. The number of likely N-dealkylation sites (tertiary alicyclic amines) is 1. The Labute approximate surface area is 393 Å². The lowest BCUT2D eigenvalue weighted by Crippen LogP contribution is -2.63. The maximum Gasteiger partial charge on any atom is 0.297 e. The Kier molecular flexibility index (Phi) is 11.9. The van der Waals surface area contributed by atoms with Gasteiger partial charge < -0.3 is 29.8 Å². The van der Waals surface area contributed by atoms with Crippen molar-refractivity contribution < 1.29 is 41.5 Å². The van der Waals surface area contributed by atoms with Crippen molar-refractivity contribution in [2.45, 2.75) is 113 Å². The zero-order valence-electron chi connectivity index (χ0n) is 38.4. The van der Waals surface area contributed by atoms with E-state index in [9.17, 15) is 32.8 Å². The van der Waals surface area contributed by atoms with Gasteiger partial charge in [-0.3, -0.25) is 19.8 Å². The molecule has 1 spiro atoms. The second kappa shape index (κ2) is 17.6. The van der Waals surface area contributed by atoms with Crippen LogP contribution in [0.1, 0.15) is 112 Å². The van der Waals surface area contributed by atoms with Gasteiger partial charge in [-0.2, -0.15) is 9.37 Å². The summed E-state index contributed by atoms with van der Waals surface area (Å²) < 4.78 is 72.0. The normalized spacial score (nSPS) is 24.8. The molecule has 5 aromatic rings. The molecule has 0 radical (unpaired) electrons. The number of aliphatic hydroxyl groups is 1. The van der Waals surface area contributed by atoms with E-state index in [4.69, 9.17) is 9.47 Å². The van der Waals surface area contributed by atoms with Crippen molar-refractivity contribution in [3.05, 3.63) is 105 Å². The number of nitrogens with zero attached hydrogens (tertiary/aromatic N) is 4. The lowest BCUT2D eigenvalue weighted by atomic mass is 9.70. The molecule has 4 fully saturated rings. The molecule has 68 heavy (non-hydrogen) atoms. The van der Waals surface area contributed by atoms with Gasteiger partial charge in [0.25, 0.3) is 27.6 Å². The molecule has 2 saturated heterocycles. The Morgan fingerprint density at radius 3 is 2.50 bits per heavy atom. The second-order valence-electron chi connectivity index (χ2n) is 20.3. The Balaban J connectivity index is 0.874. The number of benzene rings is 3. The number of aromatic nitrogens is 2. The number of hydrogen-bond donors (Lipinski definition) is 4. The van der Waals surface area contributed by atoms with Crippen LogP contribution in [-0.2, 0) is 10.0 Å². The van der Waals surface area contributed by atoms with Gasteiger partial charge in [0.05, 0.1) is 32.4 Å². The summed E-state index contributed by atoms with van der Waals surface area (Å²) in [6, 6.07) is 16.8. The van der Waals surface area contributed by atoms with Crippen LogP contribution in [-0.4, -0.2) is 89.7 Å². The number of nitrogens with one attached hydrogen (secondary N) is 3. The van der Waals surface area contributed by atoms with Gasteiger partial charge in [0, 0.05) is 62.3 Å². The van der Waals surface area contributed by atoms with Crippen molar-refractivity contribution in [2.75, 3.05) is 43.0 Å². The fourth-order valence-corrected chi connectivity index (χ4v) is 12.6. The number of rotatable bonds is 11. The predicted octanol–water partition coefficient (Wildman–Crippen LogP) is 9.14. The number of pyridine rings is 1. The highest BCUT2D eigenvalue weighted by Crippen LogP contribution is 2.49. The van der Waals surface area contributed by atoms with E-state index in [1.165, 1.54) is 42.5 Å². The summed E-state index contributed by atoms with van der Waals surface area (Å²) in [6.45, 7) is 9.87. The van der Waals surface area contributed by atoms with E-state index in [1.807, 2.05) is 4.72 Å². The first kappa shape index (κ1) is 45.9. The van der Waals surface area contributed by atoms with Gasteiger partial charge >= 0.3 is 0 Å². The summed E-state index contributed by atoms with van der Waals surface area (Å²) in [5.74, 6) is -2.68. The van der Waals surface area contributed by atoms with E-state index in [2.05, 4.69) is 63.2 Å². The van der Waals surface area contributed by atoms with Crippen molar-refractivity contribution in [1.29, 1.82) is 0 Å². The molecule has 2 aliphatic carbocycles. The fourth-order valence-electron chi connectivity index (χ4n) is 11.6. The summed E-state index contributed by atoms with van der Waals surface area (Å²) in [5, 5.41) is 26.0. The van der Waals surface area contributed by atoms with Gasteiger partial charge in [-0.15, -0.1) is 0 Å². The molecular weight excluding hydrogens is 897 g/mol. The molecule has 0 unspecified atom stereocenters. The van der Waals surface area contributed by atoms with Crippen LogP contribution in [0.4, 0.5) is 25.8 Å². The van der Waals surface area contributed by atoms with Gasteiger partial charge in [0.15, 0.2) is 17.2 Å². The van der Waals surface area contributed by atoms with Gasteiger partial charge in [-0.1, -0.05) is 44.5 Å². The molecule has 18 heteroatoms. The molecule has 5 heterocycles. The number of hydrogen-bond acceptors (Lipinski definition) is 12. The summed E-state index contributed by atoms with van der Waals surface area (Å²) in [5.41, 5.74) is 2.09. The number of nitro groups is 1. The number of halogens is 2. The molecular formula is C50H57F2N7O8S. The number of fused-ring (bicyclic) bond motifs is 2. The van der Waals surface area contributed by atoms with Gasteiger partial charge in [-0.25, -0.2) is 17.5 Å². The highest BCUT2D eigenvalue weighted by Gasteiger charge is 2.49. The molecule has 10 rings (SSSR count). The average molecular weight is 954 g/mol. The Hall–Kier alpha value is -5.85. The van der Waals surface area contributed by atoms with E-state index in [-0.39, 0.29) is 57.8 Å². The number of piperidine rings is 1. The maximum atomic E-state index is 15.5. The third-order valence-corrected chi connectivity index (χ3v) is 16.7. The summed E-state index contributed by atoms with van der Waals surface area (Å²) in [6.07, 6.45) is 8.98. The van der Waals surface area contributed by atoms with Gasteiger partial charge in [0.2, 0.25) is 0 Å². The van der Waals surface area contributed by atoms with E-state index in [1.54, 1.807) is 13.0 Å². The number of sulfonamides is 1. The summed E-state index contributed by atoms with van der Waals surface area (Å²) in [7, 11) is -4.79. The topological polar surface area (TPSA) is 192 Å². The Bertz CT molecular complexity index is 2880. The minimum atomic E-state index is -4.79. The van der Waals surface area contributed by atoms with Gasteiger partial charge in [-0.05, 0) is 111 Å². The average Bonchev–Trinajstić information content (AvgIpc) is 3.93. The van der Waals surface area contributed by atoms with Crippen LogP contribution in [0.3, 0.4) is 0 Å². The van der Waals surface area contributed by atoms with Crippen molar-refractivity contribution >= 4 is 44.0 Å². The third-order valence-electron chi connectivity index (χ3n) is 15.4. The quantitative estimate of drug-likeness (QED) is 0.0559. The predicted molar refractivity (Wildman–Crippen MR) is 252 cm³/mol. The van der Waals surface area contributed by atoms with Crippen LogP contribution in [0.25, 0.3) is 11.0 Å². The number of amides is 1. The van der Waals surface area contributed by atoms with Crippen LogP contribution in [0, 0.1) is 33.2 Å². The molecule has 3 aliphatic heterocycles. The largest absolute Gasteiger partial charge is 0.489 e. The van der Waals surface area contributed by atoms with Crippen LogP contribution >= 0.6 is 0 Å². The van der Waals surface area contributed by atoms with Gasteiger partial charge in [0.1, 0.15) is 23.8 Å². The zero-order valence-corrected chi connectivity index (χ0v) is 39.2. The van der Waals surface area contributed by atoms with E-state index < -0.39 is 54.6 Å². The molecule has 2 aromatic heterocycles. The lowest BCUT2D eigenvalue weighted by molar-refractivity contribution is -0.384. The third kappa shape index (κ3) is 8.74. The zero-order chi connectivity index (χ0) is 47.7. The molecule has 15 nitrogen and oxygen atoms in total. The maximum absolute atomic E-state index is 15.5. The first-order chi connectivity index (χ1) is 32.5. The minimum Gasteiger partial charge on any atom is -0.489 e. The molecule has 360 valence electrons. The number of carbonyl (C=O) groups is 1. The monoisotopic (exact) mass is 953 g/mol. The van der Waals surface area contributed by atoms with Crippen LogP contribution < -0.4 is 24.4 Å². The van der Waals surface area contributed by atoms with E-state index in [0.29, 0.717) is 62.3 Å². The standard InChI is InChI=1S/C50H57F2N7O8S/c1-29(2)33-7-4-5-8-34(33)35-9-6-10-40(35)58-27-50(28-58)17-19-57(20-18-50)31-11-12-36(42(21-31)67-44-24-37-38(51)25-53-47(37)55-46(44)52)48(60)56-68(64,65)32-22-41(59(62)63)45-43(23-32)66-26-39(54-45)30-13-15-49(3,61)16-14-30/h4-5,7-8,11-12,21-25,29-30,35,39-40,54,61H,6,9-10,13-20,26-28H2,1-3H3,(H,53,55)(H,56,60)/t30?,35-,39+,40-,49?/m0/s1. The first-order valence-corrected chi connectivity index (χ1v) is 25.2. The smallest absolute Gasteiger partial charge is 0.297 e. The number of anilines is 2. The van der Waals surface area contributed by atoms with E-state index >= 15 is 4.39 Å². The Morgan fingerprint density at radius 2 is 1.76 bits per heavy atom.